The Morgan fingerprint density at radius 3 is 2.50 bits per heavy atom. The molecular weight excluding hydrogens is 449 g/mol. The van der Waals surface area contributed by atoms with Crippen LogP contribution in [0.5, 0.6) is 0 Å². The fraction of sp³-hybridized carbons (Fsp3) is 0.542. The van der Waals surface area contributed by atoms with E-state index in [-0.39, 0.29) is 29.1 Å². The second-order valence-corrected chi connectivity index (χ2v) is 9.22. The number of hydrogen-bond acceptors (Lipinski definition) is 6. The van der Waals surface area contributed by atoms with E-state index in [1.54, 1.807) is 19.9 Å². The third-order valence-electron chi connectivity index (χ3n) is 6.31. The molecule has 1 atom stereocenters. The number of hydrogen-bond donors (Lipinski definition) is 2. The van der Waals surface area contributed by atoms with Crippen molar-refractivity contribution in [2.45, 2.75) is 71.0 Å². The molecule has 1 aromatic heterocycles. The molecule has 1 aliphatic carbocycles. The fourth-order valence-electron chi connectivity index (χ4n) is 4.15. The minimum Gasteiger partial charge on any atom is -0.363 e. The van der Waals surface area contributed by atoms with E-state index in [1.165, 1.54) is 13.0 Å². The summed E-state index contributed by atoms with van der Waals surface area (Å²) in [5.74, 6) is 0.435. The number of rotatable bonds is 7. The lowest BCUT2D eigenvalue weighted by Gasteiger charge is -2.23. The minimum atomic E-state index is -4.45. The van der Waals surface area contributed by atoms with E-state index in [0.29, 0.717) is 36.0 Å². The standard InChI is InChI=1S/C24H29F3N4O3/c1-13-16(6-5-7-18(13)24(25,26)27)14(2)28-21-17(12-19-33-10-11-34-19)20(29-15(3)30-21)22(32)31-23(4)8-9-23/h5-7,14,19H,8-12H2,1-4H3,(H,31,32)(H,28,29,30). The molecule has 4 rings (SSSR count). The number of benzene rings is 1. The van der Waals surface area contributed by atoms with Crippen LogP contribution in [-0.2, 0) is 22.1 Å². The summed E-state index contributed by atoms with van der Waals surface area (Å²) in [6.45, 7) is 7.75. The molecule has 184 valence electrons. The lowest BCUT2D eigenvalue weighted by Crippen LogP contribution is -2.36. The predicted octanol–water partition coefficient (Wildman–Crippen LogP) is 4.48. The second kappa shape index (κ2) is 9.14. The maximum atomic E-state index is 13.4. The van der Waals surface area contributed by atoms with Crippen LogP contribution in [0.3, 0.4) is 0 Å². The van der Waals surface area contributed by atoms with Crippen LogP contribution in [0.1, 0.15) is 71.3 Å². The van der Waals surface area contributed by atoms with Crippen molar-refractivity contribution in [3.8, 4) is 0 Å². The van der Waals surface area contributed by atoms with Gasteiger partial charge in [-0.15, -0.1) is 0 Å². The van der Waals surface area contributed by atoms with Crippen molar-refractivity contribution in [2.75, 3.05) is 18.5 Å². The number of carbonyl (C=O) groups is 1. The number of nitrogens with one attached hydrogen (secondary N) is 2. The first-order valence-electron chi connectivity index (χ1n) is 11.3. The highest BCUT2D eigenvalue weighted by atomic mass is 19.4. The van der Waals surface area contributed by atoms with Gasteiger partial charge >= 0.3 is 6.18 Å². The van der Waals surface area contributed by atoms with Crippen LogP contribution in [0, 0.1) is 13.8 Å². The number of aromatic nitrogens is 2. The van der Waals surface area contributed by atoms with Crippen molar-refractivity contribution in [3.05, 3.63) is 52.0 Å². The average Bonchev–Trinajstić information content (AvgIpc) is 3.24. The van der Waals surface area contributed by atoms with Gasteiger partial charge in [0.05, 0.1) is 24.8 Å². The number of carbonyl (C=O) groups excluding carboxylic acids is 1. The molecule has 7 nitrogen and oxygen atoms in total. The Kier molecular flexibility index (Phi) is 6.56. The summed E-state index contributed by atoms with van der Waals surface area (Å²) in [4.78, 5) is 22.0. The molecule has 2 N–H and O–H groups in total. The number of ether oxygens (including phenoxy) is 2. The van der Waals surface area contributed by atoms with Crippen LogP contribution in [0.15, 0.2) is 18.2 Å². The van der Waals surface area contributed by atoms with E-state index in [1.807, 2.05) is 6.92 Å². The summed E-state index contributed by atoms with van der Waals surface area (Å²) in [6.07, 6.45) is -2.98. The fourth-order valence-corrected chi connectivity index (χ4v) is 4.15. The summed E-state index contributed by atoms with van der Waals surface area (Å²) < 4.78 is 51.5. The summed E-state index contributed by atoms with van der Waals surface area (Å²) in [5, 5.41) is 6.25. The van der Waals surface area contributed by atoms with E-state index >= 15 is 0 Å². The highest BCUT2D eigenvalue weighted by Crippen LogP contribution is 2.37. The Morgan fingerprint density at radius 1 is 1.21 bits per heavy atom. The van der Waals surface area contributed by atoms with E-state index < -0.39 is 24.1 Å². The smallest absolute Gasteiger partial charge is 0.363 e. The molecule has 1 aliphatic heterocycles. The van der Waals surface area contributed by atoms with Gasteiger partial charge < -0.3 is 20.1 Å². The van der Waals surface area contributed by atoms with Crippen molar-refractivity contribution in [3.63, 3.8) is 0 Å². The molecule has 1 unspecified atom stereocenters. The van der Waals surface area contributed by atoms with Crippen LogP contribution < -0.4 is 10.6 Å². The van der Waals surface area contributed by atoms with Crippen LogP contribution >= 0.6 is 0 Å². The summed E-state index contributed by atoms with van der Waals surface area (Å²) >= 11 is 0. The van der Waals surface area contributed by atoms with Gasteiger partial charge in [-0.2, -0.15) is 13.2 Å². The third kappa shape index (κ3) is 5.33. The molecule has 2 heterocycles. The average molecular weight is 479 g/mol. The lowest BCUT2D eigenvalue weighted by atomic mass is 9.97. The Bertz CT molecular complexity index is 1080. The highest BCUT2D eigenvalue weighted by Gasteiger charge is 2.40. The molecule has 1 saturated heterocycles. The quantitative estimate of drug-likeness (QED) is 0.610. The molecule has 10 heteroatoms. The highest BCUT2D eigenvalue weighted by molar-refractivity contribution is 5.95. The predicted molar refractivity (Wildman–Crippen MR) is 119 cm³/mol. The molecule has 1 saturated carbocycles. The molecule has 2 fully saturated rings. The van der Waals surface area contributed by atoms with Gasteiger partial charge in [-0.05, 0) is 57.7 Å². The van der Waals surface area contributed by atoms with Crippen molar-refractivity contribution in [1.82, 2.24) is 15.3 Å². The molecule has 0 spiro atoms. The maximum absolute atomic E-state index is 13.4. The van der Waals surface area contributed by atoms with E-state index in [4.69, 9.17) is 9.47 Å². The summed E-state index contributed by atoms with van der Waals surface area (Å²) in [6, 6.07) is 3.60. The minimum absolute atomic E-state index is 0.143. The number of alkyl halides is 3. The molecular formula is C24H29F3N4O3. The van der Waals surface area contributed by atoms with Gasteiger partial charge in [-0.3, -0.25) is 4.79 Å². The van der Waals surface area contributed by atoms with Gasteiger partial charge in [-0.25, -0.2) is 9.97 Å². The molecule has 0 radical (unpaired) electrons. The molecule has 2 aromatic rings. The molecule has 1 amide bonds. The topological polar surface area (TPSA) is 85.4 Å². The van der Waals surface area contributed by atoms with Crippen molar-refractivity contribution in [1.29, 1.82) is 0 Å². The number of nitrogens with zero attached hydrogens (tertiary/aromatic N) is 2. The van der Waals surface area contributed by atoms with Gasteiger partial charge in [0.2, 0.25) is 0 Å². The van der Waals surface area contributed by atoms with Gasteiger partial charge in [0.15, 0.2) is 6.29 Å². The monoisotopic (exact) mass is 478 g/mol. The first-order chi connectivity index (χ1) is 16.0. The number of halogens is 3. The molecule has 0 bridgehead atoms. The molecule has 1 aromatic carbocycles. The van der Waals surface area contributed by atoms with Crippen molar-refractivity contribution >= 4 is 11.7 Å². The van der Waals surface area contributed by atoms with Gasteiger partial charge in [0.25, 0.3) is 5.91 Å². The second-order valence-electron chi connectivity index (χ2n) is 9.22. The van der Waals surface area contributed by atoms with Crippen LogP contribution in [0.25, 0.3) is 0 Å². The SMILES string of the molecule is Cc1nc(NC(C)c2cccc(C(F)(F)F)c2C)c(CC2OCCO2)c(C(=O)NC2(C)CC2)n1. The van der Waals surface area contributed by atoms with Crippen molar-refractivity contribution < 1.29 is 27.4 Å². The maximum Gasteiger partial charge on any atom is 0.416 e. The van der Waals surface area contributed by atoms with E-state index in [0.717, 1.165) is 18.9 Å². The lowest BCUT2D eigenvalue weighted by molar-refractivity contribution is -0.138. The summed E-state index contributed by atoms with van der Waals surface area (Å²) in [5.41, 5.74) is 0.435. The normalized spacial score (nSPS) is 18.6. The number of anilines is 1. The largest absolute Gasteiger partial charge is 0.416 e. The zero-order chi connectivity index (χ0) is 24.7. The van der Waals surface area contributed by atoms with Gasteiger partial charge in [0.1, 0.15) is 17.3 Å². The first-order valence-corrected chi connectivity index (χ1v) is 11.3. The van der Waals surface area contributed by atoms with Gasteiger partial charge in [-0.1, -0.05) is 12.1 Å². The van der Waals surface area contributed by atoms with Crippen LogP contribution in [0.2, 0.25) is 0 Å². The van der Waals surface area contributed by atoms with Gasteiger partial charge in [0, 0.05) is 17.5 Å². The molecule has 34 heavy (non-hydrogen) atoms. The van der Waals surface area contributed by atoms with Crippen LogP contribution in [0.4, 0.5) is 19.0 Å². The number of amides is 1. The molecule has 2 aliphatic rings. The number of aryl methyl sites for hydroxylation is 1. The zero-order valence-electron chi connectivity index (χ0n) is 19.7. The summed E-state index contributed by atoms with van der Waals surface area (Å²) in [7, 11) is 0. The van der Waals surface area contributed by atoms with E-state index in [9.17, 15) is 18.0 Å². The third-order valence-corrected chi connectivity index (χ3v) is 6.31. The Balaban J connectivity index is 1.69. The van der Waals surface area contributed by atoms with Crippen LogP contribution in [-0.4, -0.2) is 40.9 Å². The van der Waals surface area contributed by atoms with Crippen molar-refractivity contribution in [2.24, 2.45) is 0 Å². The Labute approximate surface area is 196 Å². The zero-order valence-corrected chi connectivity index (χ0v) is 19.7. The first kappa shape index (κ1) is 24.4. The van der Waals surface area contributed by atoms with E-state index in [2.05, 4.69) is 20.6 Å². The Morgan fingerprint density at radius 2 is 1.88 bits per heavy atom. The Hall–Kier alpha value is -2.72.